The van der Waals surface area contributed by atoms with Crippen molar-refractivity contribution in [1.29, 1.82) is 0 Å². The third-order valence-electron chi connectivity index (χ3n) is 3.57. The van der Waals surface area contributed by atoms with Crippen LogP contribution in [0, 0.1) is 0 Å². The summed E-state index contributed by atoms with van der Waals surface area (Å²) in [6.07, 6.45) is 1.77. The molecule has 4 rings (SSSR count). The lowest BCUT2D eigenvalue weighted by atomic mass is 10.2. The van der Waals surface area contributed by atoms with Crippen LogP contribution in [0.4, 0.5) is 11.5 Å². The Kier molecular flexibility index (Phi) is 3.81. The molecular formula is C19H13ClN4. The van der Waals surface area contributed by atoms with Crippen molar-refractivity contribution in [2.45, 2.75) is 0 Å². The SMILES string of the molecule is Clc1cccc(Nc2ccc3ncc(-c4ccccc4)nc3n2)c1. The largest absolute Gasteiger partial charge is 0.340 e. The number of aromatic nitrogens is 3. The Bertz CT molecular complexity index is 1000. The van der Waals surface area contributed by atoms with E-state index >= 15 is 0 Å². The summed E-state index contributed by atoms with van der Waals surface area (Å²) in [5.41, 5.74) is 4.05. The van der Waals surface area contributed by atoms with Crippen LogP contribution in [0.3, 0.4) is 0 Å². The normalized spacial score (nSPS) is 10.7. The Balaban J connectivity index is 1.71. The monoisotopic (exact) mass is 332 g/mol. The second-order valence-electron chi connectivity index (χ2n) is 5.30. The molecule has 0 amide bonds. The molecule has 0 atom stereocenters. The van der Waals surface area contributed by atoms with E-state index in [9.17, 15) is 0 Å². The van der Waals surface area contributed by atoms with E-state index in [1.807, 2.05) is 66.7 Å². The highest BCUT2D eigenvalue weighted by Gasteiger charge is 2.05. The van der Waals surface area contributed by atoms with E-state index in [4.69, 9.17) is 11.6 Å². The van der Waals surface area contributed by atoms with Crippen molar-refractivity contribution in [3.05, 3.63) is 77.9 Å². The van der Waals surface area contributed by atoms with Crippen molar-refractivity contribution >= 4 is 34.3 Å². The zero-order chi connectivity index (χ0) is 16.4. The summed E-state index contributed by atoms with van der Waals surface area (Å²) in [5, 5.41) is 3.91. The molecule has 1 N–H and O–H groups in total. The van der Waals surface area contributed by atoms with Gasteiger partial charge in [0.25, 0.3) is 0 Å². The van der Waals surface area contributed by atoms with Gasteiger partial charge in [-0.05, 0) is 30.3 Å². The van der Waals surface area contributed by atoms with Gasteiger partial charge < -0.3 is 5.32 Å². The van der Waals surface area contributed by atoms with Gasteiger partial charge in [-0.25, -0.2) is 9.97 Å². The van der Waals surface area contributed by atoms with Gasteiger partial charge in [0.1, 0.15) is 11.3 Å². The standard InChI is InChI=1S/C19H13ClN4/c20-14-7-4-8-15(11-14)22-18-10-9-16-19(24-18)23-17(12-21-16)13-5-2-1-3-6-13/h1-12H,(H,22,23,24). The van der Waals surface area contributed by atoms with Gasteiger partial charge >= 0.3 is 0 Å². The molecule has 0 saturated heterocycles. The number of nitrogens with zero attached hydrogens (tertiary/aromatic N) is 3. The number of benzene rings is 2. The van der Waals surface area contributed by atoms with E-state index in [1.165, 1.54) is 0 Å². The minimum absolute atomic E-state index is 0.600. The minimum Gasteiger partial charge on any atom is -0.340 e. The molecule has 0 bridgehead atoms. The smallest absolute Gasteiger partial charge is 0.180 e. The van der Waals surface area contributed by atoms with Gasteiger partial charge in [-0.15, -0.1) is 0 Å². The highest BCUT2D eigenvalue weighted by molar-refractivity contribution is 6.30. The number of nitrogens with one attached hydrogen (secondary N) is 1. The van der Waals surface area contributed by atoms with Gasteiger partial charge in [0.05, 0.1) is 11.9 Å². The quantitative estimate of drug-likeness (QED) is 0.567. The summed E-state index contributed by atoms with van der Waals surface area (Å²) in [4.78, 5) is 13.6. The maximum absolute atomic E-state index is 6.01. The highest BCUT2D eigenvalue weighted by Crippen LogP contribution is 2.22. The topological polar surface area (TPSA) is 50.7 Å². The van der Waals surface area contributed by atoms with Crippen LogP contribution in [-0.4, -0.2) is 15.0 Å². The number of rotatable bonds is 3. The van der Waals surface area contributed by atoms with Crippen LogP contribution in [-0.2, 0) is 0 Å². The van der Waals surface area contributed by atoms with Crippen LogP contribution in [0.5, 0.6) is 0 Å². The van der Waals surface area contributed by atoms with Gasteiger partial charge in [-0.3, -0.25) is 4.98 Å². The van der Waals surface area contributed by atoms with Gasteiger partial charge in [-0.2, -0.15) is 0 Å². The lowest BCUT2D eigenvalue weighted by molar-refractivity contribution is 1.22. The van der Waals surface area contributed by atoms with Gasteiger partial charge in [0.2, 0.25) is 0 Å². The lowest BCUT2D eigenvalue weighted by Crippen LogP contribution is -1.96. The Morgan fingerprint density at radius 1 is 0.833 bits per heavy atom. The van der Waals surface area contributed by atoms with Crippen molar-refractivity contribution < 1.29 is 0 Å². The molecule has 2 heterocycles. The van der Waals surface area contributed by atoms with E-state index in [-0.39, 0.29) is 0 Å². The lowest BCUT2D eigenvalue weighted by Gasteiger charge is -2.07. The van der Waals surface area contributed by atoms with Crippen molar-refractivity contribution in [3.8, 4) is 11.3 Å². The van der Waals surface area contributed by atoms with Crippen molar-refractivity contribution in [1.82, 2.24) is 15.0 Å². The van der Waals surface area contributed by atoms with Crippen LogP contribution in [0.2, 0.25) is 5.02 Å². The Morgan fingerprint density at radius 3 is 2.54 bits per heavy atom. The zero-order valence-corrected chi connectivity index (χ0v) is 13.4. The summed E-state index contributed by atoms with van der Waals surface area (Å²) in [5.74, 6) is 0.698. The van der Waals surface area contributed by atoms with E-state index in [0.717, 1.165) is 22.5 Å². The molecule has 116 valence electrons. The number of halogens is 1. The predicted octanol–water partition coefficient (Wildman–Crippen LogP) is 5.09. The molecule has 0 unspecified atom stereocenters. The summed E-state index contributed by atoms with van der Waals surface area (Å²) in [6.45, 7) is 0. The van der Waals surface area contributed by atoms with Crippen molar-refractivity contribution in [3.63, 3.8) is 0 Å². The molecule has 0 aliphatic rings. The predicted molar refractivity (Wildman–Crippen MR) is 97.5 cm³/mol. The van der Waals surface area contributed by atoms with Crippen LogP contribution in [0.1, 0.15) is 0 Å². The van der Waals surface area contributed by atoms with Gasteiger partial charge in [-0.1, -0.05) is 48.0 Å². The van der Waals surface area contributed by atoms with Crippen molar-refractivity contribution in [2.75, 3.05) is 5.32 Å². The maximum atomic E-state index is 6.01. The number of fused-ring (bicyclic) bond motifs is 1. The molecular weight excluding hydrogens is 320 g/mol. The van der Waals surface area contributed by atoms with Crippen LogP contribution in [0.15, 0.2) is 72.9 Å². The molecule has 0 saturated carbocycles. The first-order chi connectivity index (χ1) is 11.8. The number of hydrogen-bond donors (Lipinski definition) is 1. The average molecular weight is 333 g/mol. The third kappa shape index (κ3) is 3.05. The molecule has 0 radical (unpaired) electrons. The average Bonchev–Trinajstić information content (AvgIpc) is 2.62. The molecule has 24 heavy (non-hydrogen) atoms. The maximum Gasteiger partial charge on any atom is 0.180 e. The first-order valence-electron chi connectivity index (χ1n) is 7.50. The van der Waals surface area contributed by atoms with E-state index in [0.29, 0.717) is 16.5 Å². The molecule has 0 spiro atoms. The van der Waals surface area contributed by atoms with Crippen molar-refractivity contribution in [2.24, 2.45) is 0 Å². The van der Waals surface area contributed by atoms with Gasteiger partial charge in [0.15, 0.2) is 5.65 Å². The fraction of sp³-hybridized carbons (Fsp3) is 0. The second kappa shape index (κ2) is 6.26. The second-order valence-corrected chi connectivity index (χ2v) is 5.73. The Morgan fingerprint density at radius 2 is 1.71 bits per heavy atom. The molecule has 0 aliphatic carbocycles. The molecule has 2 aromatic heterocycles. The molecule has 2 aromatic carbocycles. The molecule has 5 heteroatoms. The number of pyridine rings is 1. The fourth-order valence-corrected chi connectivity index (χ4v) is 2.62. The van der Waals surface area contributed by atoms with Crippen LogP contribution >= 0.6 is 11.6 Å². The van der Waals surface area contributed by atoms with E-state index in [2.05, 4.69) is 20.3 Å². The number of hydrogen-bond acceptors (Lipinski definition) is 4. The first kappa shape index (κ1) is 14.6. The Labute approximate surface area is 144 Å². The van der Waals surface area contributed by atoms with Crippen LogP contribution in [0.25, 0.3) is 22.4 Å². The highest BCUT2D eigenvalue weighted by atomic mass is 35.5. The first-order valence-corrected chi connectivity index (χ1v) is 7.87. The van der Waals surface area contributed by atoms with Gasteiger partial charge in [0, 0.05) is 16.3 Å². The Hall–Kier alpha value is -2.98. The summed E-state index contributed by atoms with van der Waals surface area (Å²) in [6, 6.07) is 21.2. The summed E-state index contributed by atoms with van der Waals surface area (Å²) in [7, 11) is 0. The van der Waals surface area contributed by atoms with E-state index < -0.39 is 0 Å². The third-order valence-corrected chi connectivity index (χ3v) is 3.81. The van der Waals surface area contributed by atoms with Crippen LogP contribution < -0.4 is 5.32 Å². The number of anilines is 2. The summed E-state index contributed by atoms with van der Waals surface area (Å²) < 4.78 is 0. The fourth-order valence-electron chi connectivity index (χ4n) is 2.43. The molecule has 0 aliphatic heterocycles. The molecule has 4 nitrogen and oxygen atoms in total. The summed E-state index contributed by atoms with van der Waals surface area (Å²) >= 11 is 6.01. The van der Waals surface area contributed by atoms with E-state index in [1.54, 1.807) is 6.20 Å². The zero-order valence-electron chi connectivity index (χ0n) is 12.6. The molecule has 4 aromatic rings. The molecule has 0 fully saturated rings. The minimum atomic E-state index is 0.600.